The zero-order chi connectivity index (χ0) is 16.5. The van der Waals surface area contributed by atoms with Gasteiger partial charge in [-0.05, 0) is 45.2 Å². The fourth-order valence-corrected chi connectivity index (χ4v) is 2.53. The van der Waals surface area contributed by atoms with Crippen molar-refractivity contribution < 1.29 is 13.9 Å². The average molecular weight is 451 g/mol. The fraction of sp³-hybridized carbons (Fsp3) is 0.706. The van der Waals surface area contributed by atoms with Gasteiger partial charge in [0, 0.05) is 33.4 Å². The Kier molecular flexibility index (Phi) is 10.4. The third-order valence-electron chi connectivity index (χ3n) is 3.90. The molecule has 7 heteroatoms. The van der Waals surface area contributed by atoms with Crippen molar-refractivity contribution in [1.82, 2.24) is 10.6 Å². The first kappa shape index (κ1) is 21.2. The number of hydrogen-bond acceptors (Lipinski definition) is 4. The molecule has 1 unspecified atom stereocenters. The van der Waals surface area contributed by atoms with Gasteiger partial charge in [0.25, 0.3) is 0 Å². The van der Waals surface area contributed by atoms with Gasteiger partial charge in [-0.2, -0.15) is 0 Å². The van der Waals surface area contributed by atoms with Gasteiger partial charge in [0.15, 0.2) is 5.96 Å². The lowest BCUT2D eigenvalue weighted by Crippen LogP contribution is -2.39. The Labute approximate surface area is 161 Å². The minimum Gasteiger partial charge on any atom is -0.464 e. The summed E-state index contributed by atoms with van der Waals surface area (Å²) >= 11 is 0. The Balaban J connectivity index is 0.00000288. The summed E-state index contributed by atoms with van der Waals surface area (Å²) in [5.74, 6) is 2.60. The number of halogens is 1. The molecule has 0 saturated carbocycles. The Morgan fingerprint density at radius 2 is 2.12 bits per heavy atom. The van der Waals surface area contributed by atoms with Gasteiger partial charge in [-0.1, -0.05) is 0 Å². The Hall–Kier alpha value is -0.800. The minimum absolute atomic E-state index is 0. The number of hydrogen-bond donors (Lipinski definition) is 2. The molecule has 6 nitrogen and oxygen atoms in total. The van der Waals surface area contributed by atoms with Crippen LogP contribution in [0.15, 0.2) is 21.5 Å². The Bertz CT molecular complexity index is 487. The predicted octanol–water partition coefficient (Wildman–Crippen LogP) is 3.02. The van der Waals surface area contributed by atoms with Crippen LogP contribution in [-0.2, 0) is 9.47 Å². The van der Waals surface area contributed by atoms with Gasteiger partial charge < -0.3 is 24.5 Å². The highest BCUT2D eigenvalue weighted by atomic mass is 127. The number of rotatable bonds is 7. The molecule has 1 aromatic heterocycles. The molecular weight excluding hydrogens is 421 g/mol. The van der Waals surface area contributed by atoms with Crippen LogP contribution in [0.25, 0.3) is 0 Å². The van der Waals surface area contributed by atoms with Crippen LogP contribution < -0.4 is 10.6 Å². The van der Waals surface area contributed by atoms with E-state index in [2.05, 4.69) is 22.5 Å². The summed E-state index contributed by atoms with van der Waals surface area (Å²) in [6.45, 7) is 7.24. The van der Waals surface area contributed by atoms with E-state index in [1.165, 1.54) is 0 Å². The number of ether oxygens (including phenoxy) is 2. The summed E-state index contributed by atoms with van der Waals surface area (Å²) in [4.78, 5) is 4.24. The van der Waals surface area contributed by atoms with Gasteiger partial charge in [0.2, 0.25) is 0 Å². The first-order valence-electron chi connectivity index (χ1n) is 8.42. The fourth-order valence-electron chi connectivity index (χ4n) is 2.53. The van der Waals surface area contributed by atoms with Crippen molar-refractivity contribution in [2.45, 2.75) is 45.3 Å². The summed E-state index contributed by atoms with van der Waals surface area (Å²) in [7, 11) is 1.77. The van der Waals surface area contributed by atoms with Crippen molar-refractivity contribution in [2.24, 2.45) is 4.99 Å². The second-order valence-electron chi connectivity index (χ2n) is 5.85. The second kappa shape index (κ2) is 11.7. The zero-order valence-electron chi connectivity index (χ0n) is 14.8. The van der Waals surface area contributed by atoms with Crippen LogP contribution in [0.5, 0.6) is 0 Å². The molecule has 0 spiro atoms. The van der Waals surface area contributed by atoms with E-state index in [-0.39, 0.29) is 30.0 Å². The highest BCUT2D eigenvalue weighted by molar-refractivity contribution is 14.0. The molecule has 2 heterocycles. The van der Waals surface area contributed by atoms with Gasteiger partial charge in [-0.25, -0.2) is 0 Å². The molecule has 0 aliphatic carbocycles. The predicted molar refractivity (Wildman–Crippen MR) is 106 cm³/mol. The van der Waals surface area contributed by atoms with Gasteiger partial charge >= 0.3 is 0 Å². The zero-order valence-corrected chi connectivity index (χ0v) is 17.2. The van der Waals surface area contributed by atoms with E-state index in [1.807, 2.05) is 19.1 Å². The van der Waals surface area contributed by atoms with Crippen LogP contribution in [0.3, 0.4) is 0 Å². The maximum absolute atomic E-state index is 5.86. The van der Waals surface area contributed by atoms with E-state index < -0.39 is 0 Å². The molecule has 1 aromatic rings. The van der Waals surface area contributed by atoms with Crippen LogP contribution in [0, 0.1) is 6.92 Å². The maximum atomic E-state index is 5.86. The SMILES string of the molecule is CN=C(NCCCOC1CCOCC1)NC(C)c1ccc(C)o1.I. The summed E-state index contributed by atoms with van der Waals surface area (Å²) in [6, 6.07) is 4.03. The normalized spacial score (nSPS) is 17.2. The topological polar surface area (TPSA) is 68.0 Å². The van der Waals surface area contributed by atoms with E-state index in [4.69, 9.17) is 13.9 Å². The van der Waals surface area contributed by atoms with Crippen molar-refractivity contribution in [1.29, 1.82) is 0 Å². The highest BCUT2D eigenvalue weighted by Crippen LogP contribution is 2.15. The number of aryl methyl sites for hydroxylation is 1. The van der Waals surface area contributed by atoms with Crippen molar-refractivity contribution in [3.8, 4) is 0 Å². The smallest absolute Gasteiger partial charge is 0.191 e. The first-order valence-corrected chi connectivity index (χ1v) is 8.42. The largest absolute Gasteiger partial charge is 0.464 e. The molecular formula is C17H30IN3O3. The number of furan rings is 1. The van der Waals surface area contributed by atoms with E-state index in [0.29, 0.717) is 6.10 Å². The Morgan fingerprint density at radius 3 is 2.75 bits per heavy atom. The minimum atomic E-state index is 0. The number of nitrogens with zero attached hydrogens (tertiary/aromatic N) is 1. The van der Waals surface area contributed by atoms with Gasteiger partial charge in [-0.15, -0.1) is 24.0 Å². The van der Waals surface area contributed by atoms with Crippen molar-refractivity contribution >= 4 is 29.9 Å². The molecule has 1 fully saturated rings. The second-order valence-corrected chi connectivity index (χ2v) is 5.85. The van der Waals surface area contributed by atoms with Crippen molar-refractivity contribution in [3.05, 3.63) is 23.7 Å². The van der Waals surface area contributed by atoms with Gasteiger partial charge in [0.05, 0.1) is 12.1 Å². The maximum Gasteiger partial charge on any atom is 0.191 e. The highest BCUT2D eigenvalue weighted by Gasteiger charge is 2.14. The van der Waals surface area contributed by atoms with Crippen molar-refractivity contribution in [3.63, 3.8) is 0 Å². The molecule has 2 rings (SSSR count). The first-order chi connectivity index (χ1) is 11.2. The molecule has 1 saturated heterocycles. The van der Waals surface area contributed by atoms with Crippen LogP contribution in [0.1, 0.15) is 43.7 Å². The number of aliphatic imine (C=N–C) groups is 1. The van der Waals surface area contributed by atoms with E-state index in [9.17, 15) is 0 Å². The summed E-state index contributed by atoms with van der Waals surface area (Å²) < 4.78 is 16.8. The Morgan fingerprint density at radius 1 is 1.38 bits per heavy atom. The summed E-state index contributed by atoms with van der Waals surface area (Å²) in [5, 5.41) is 6.63. The van der Waals surface area contributed by atoms with Crippen LogP contribution in [-0.4, -0.2) is 45.5 Å². The number of guanidine groups is 1. The lowest BCUT2D eigenvalue weighted by Gasteiger charge is -2.22. The van der Waals surface area contributed by atoms with Crippen LogP contribution in [0.4, 0.5) is 0 Å². The molecule has 2 N–H and O–H groups in total. The number of nitrogens with one attached hydrogen (secondary N) is 2. The lowest BCUT2D eigenvalue weighted by molar-refractivity contribution is -0.0320. The third kappa shape index (κ3) is 7.40. The molecule has 0 bridgehead atoms. The van der Waals surface area contributed by atoms with E-state index in [0.717, 1.165) is 63.1 Å². The molecule has 1 aliphatic heterocycles. The monoisotopic (exact) mass is 451 g/mol. The molecule has 24 heavy (non-hydrogen) atoms. The lowest BCUT2D eigenvalue weighted by atomic mass is 10.1. The van der Waals surface area contributed by atoms with Crippen LogP contribution >= 0.6 is 24.0 Å². The molecule has 0 aromatic carbocycles. The quantitative estimate of drug-likeness (QED) is 0.289. The standard InChI is InChI=1S/C17H29N3O3.HI/c1-13-5-6-16(23-13)14(2)20-17(18-3)19-9-4-10-22-15-7-11-21-12-8-15;/h5-6,14-15H,4,7-12H2,1-3H3,(H2,18,19,20);1H. The van der Waals surface area contributed by atoms with Gasteiger partial charge in [-0.3, -0.25) is 4.99 Å². The summed E-state index contributed by atoms with van der Waals surface area (Å²) in [6.07, 6.45) is 3.34. The van der Waals surface area contributed by atoms with Crippen LogP contribution in [0.2, 0.25) is 0 Å². The van der Waals surface area contributed by atoms with Gasteiger partial charge in [0.1, 0.15) is 11.5 Å². The third-order valence-corrected chi connectivity index (χ3v) is 3.90. The van der Waals surface area contributed by atoms with Crippen molar-refractivity contribution in [2.75, 3.05) is 33.4 Å². The molecule has 0 radical (unpaired) electrons. The van der Waals surface area contributed by atoms with E-state index in [1.54, 1.807) is 7.05 Å². The molecule has 0 amide bonds. The molecule has 1 aliphatic rings. The average Bonchev–Trinajstić information content (AvgIpc) is 3.01. The molecule has 1 atom stereocenters. The molecule has 138 valence electrons. The van der Waals surface area contributed by atoms with E-state index >= 15 is 0 Å². The summed E-state index contributed by atoms with van der Waals surface area (Å²) in [5.41, 5.74) is 0.